The van der Waals surface area contributed by atoms with Crippen LogP contribution in [-0.2, 0) is 4.79 Å². The molecule has 118 valence electrons. The van der Waals surface area contributed by atoms with Crippen molar-refractivity contribution in [3.63, 3.8) is 0 Å². The van der Waals surface area contributed by atoms with Crippen LogP contribution in [0, 0.1) is 5.92 Å². The van der Waals surface area contributed by atoms with Crippen LogP contribution < -0.4 is 5.32 Å². The number of hydrogen-bond acceptors (Lipinski definition) is 4. The van der Waals surface area contributed by atoms with E-state index < -0.39 is 12.0 Å². The molecule has 2 N–H and O–H groups in total. The lowest BCUT2D eigenvalue weighted by atomic mass is 10.0. The van der Waals surface area contributed by atoms with Crippen molar-refractivity contribution in [3.05, 3.63) is 50.9 Å². The van der Waals surface area contributed by atoms with Crippen LogP contribution in [0.3, 0.4) is 0 Å². The van der Waals surface area contributed by atoms with E-state index in [9.17, 15) is 9.90 Å². The van der Waals surface area contributed by atoms with Crippen LogP contribution in [0.5, 0.6) is 0 Å². The maximum Gasteiger partial charge on any atom is 0.320 e. The molecule has 4 nitrogen and oxygen atoms in total. The molecule has 0 saturated heterocycles. The van der Waals surface area contributed by atoms with Gasteiger partial charge in [-0.3, -0.25) is 10.1 Å². The molecule has 22 heavy (non-hydrogen) atoms. The molecule has 2 rings (SSSR count). The van der Waals surface area contributed by atoms with Crippen molar-refractivity contribution in [1.82, 2.24) is 10.3 Å². The number of carboxylic acid groups (broad SMARTS) is 1. The molecule has 0 amide bonds. The topological polar surface area (TPSA) is 62.2 Å². The summed E-state index contributed by atoms with van der Waals surface area (Å²) in [6, 6.07) is 7.06. The molecular formula is C16H19BrN2O2S. The molecule has 0 saturated carbocycles. The smallest absolute Gasteiger partial charge is 0.320 e. The average Bonchev–Trinajstić information content (AvgIpc) is 2.98. The summed E-state index contributed by atoms with van der Waals surface area (Å²) in [4.78, 5) is 15.9. The highest BCUT2D eigenvalue weighted by Gasteiger charge is 2.25. The third-order valence-electron chi connectivity index (χ3n) is 3.27. The lowest BCUT2D eigenvalue weighted by molar-refractivity contribution is -0.140. The minimum Gasteiger partial charge on any atom is -0.480 e. The van der Waals surface area contributed by atoms with Crippen molar-refractivity contribution < 1.29 is 9.90 Å². The first-order chi connectivity index (χ1) is 10.5. The minimum absolute atomic E-state index is 0.215. The summed E-state index contributed by atoms with van der Waals surface area (Å²) in [6.07, 6.45) is 2.32. The molecule has 2 atom stereocenters. The van der Waals surface area contributed by atoms with Crippen LogP contribution in [0.25, 0.3) is 0 Å². The molecule has 0 aliphatic heterocycles. The summed E-state index contributed by atoms with van der Waals surface area (Å²) < 4.78 is 0.992. The van der Waals surface area contributed by atoms with E-state index in [1.165, 1.54) is 11.3 Å². The summed E-state index contributed by atoms with van der Waals surface area (Å²) in [5, 5.41) is 15.5. The Labute approximate surface area is 142 Å². The largest absolute Gasteiger partial charge is 0.480 e. The van der Waals surface area contributed by atoms with E-state index in [-0.39, 0.29) is 6.04 Å². The Bertz CT molecular complexity index is 599. The first-order valence-corrected chi connectivity index (χ1v) is 8.78. The Morgan fingerprint density at radius 3 is 2.55 bits per heavy atom. The fourth-order valence-electron chi connectivity index (χ4n) is 2.26. The van der Waals surface area contributed by atoms with Crippen LogP contribution in [-0.4, -0.2) is 22.1 Å². The minimum atomic E-state index is -0.827. The van der Waals surface area contributed by atoms with Gasteiger partial charge in [0.15, 0.2) is 0 Å². The normalized spacial score (nSPS) is 14.0. The van der Waals surface area contributed by atoms with E-state index in [1.54, 1.807) is 6.20 Å². The number of aromatic nitrogens is 1. The molecule has 0 aliphatic carbocycles. The SMILES string of the molecule is CC(C)C[C@H](N[C@@H](c1ccc(Br)cc1)c1nccs1)C(=O)O. The first-order valence-electron chi connectivity index (χ1n) is 7.11. The monoisotopic (exact) mass is 382 g/mol. The van der Waals surface area contributed by atoms with Crippen molar-refractivity contribution in [1.29, 1.82) is 0 Å². The maximum absolute atomic E-state index is 11.5. The molecule has 0 fully saturated rings. The van der Waals surface area contributed by atoms with Crippen molar-refractivity contribution in [2.45, 2.75) is 32.4 Å². The van der Waals surface area contributed by atoms with Gasteiger partial charge < -0.3 is 5.11 Å². The number of rotatable bonds is 7. The Kier molecular flexibility index (Phi) is 6.11. The second-order valence-corrected chi connectivity index (χ2v) is 7.38. The summed E-state index contributed by atoms with van der Waals surface area (Å²) >= 11 is 4.95. The maximum atomic E-state index is 11.5. The van der Waals surface area contributed by atoms with Crippen LogP contribution in [0.2, 0.25) is 0 Å². The molecule has 1 heterocycles. The number of thiazole rings is 1. The Morgan fingerprint density at radius 1 is 1.36 bits per heavy atom. The number of carbonyl (C=O) groups is 1. The van der Waals surface area contributed by atoms with Crippen molar-refractivity contribution in [2.24, 2.45) is 5.92 Å². The van der Waals surface area contributed by atoms with Crippen LogP contribution >= 0.6 is 27.3 Å². The summed E-state index contributed by atoms with van der Waals surface area (Å²) in [6.45, 7) is 4.05. The predicted octanol–water partition coefficient (Wildman–Crippen LogP) is 4.08. The van der Waals surface area contributed by atoms with E-state index in [0.717, 1.165) is 15.0 Å². The first kappa shape index (κ1) is 17.1. The zero-order valence-electron chi connectivity index (χ0n) is 12.5. The number of aliphatic carboxylic acids is 1. The second-order valence-electron chi connectivity index (χ2n) is 5.54. The van der Waals surface area contributed by atoms with Crippen molar-refractivity contribution in [2.75, 3.05) is 0 Å². The standard InChI is InChI=1S/C16H19BrN2O2S/c1-10(2)9-13(16(20)21)19-14(15-18-7-8-22-15)11-3-5-12(17)6-4-11/h3-8,10,13-14,19H,9H2,1-2H3,(H,20,21)/t13-,14-/m0/s1. The van der Waals surface area contributed by atoms with Gasteiger partial charge in [-0.1, -0.05) is 41.9 Å². The Hall–Kier alpha value is -1.24. The zero-order valence-corrected chi connectivity index (χ0v) is 14.9. The van der Waals surface area contributed by atoms with Crippen LogP contribution in [0.1, 0.15) is 36.9 Å². The predicted molar refractivity (Wildman–Crippen MR) is 92.1 cm³/mol. The number of carboxylic acids is 1. The lowest BCUT2D eigenvalue weighted by Gasteiger charge is -2.23. The van der Waals surface area contributed by atoms with Crippen LogP contribution in [0.4, 0.5) is 0 Å². The highest BCUT2D eigenvalue weighted by molar-refractivity contribution is 9.10. The molecule has 0 unspecified atom stereocenters. The van der Waals surface area contributed by atoms with Crippen molar-refractivity contribution >= 4 is 33.2 Å². The molecule has 1 aromatic carbocycles. The molecule has 1 aromatic heterocycles. The Balaban J connectivity index is 2.28. The molecular weight excluding hydrogens is 364 g/mol. The number of nitrogens with zero attached hydrogens (tertiary/aromatic N) is 1. The van der Waals surface area contributed by atoms with Gasteiger partial charge in [-0.2, -0.15) is 0 Å². The quantitative estimate of drug-likeness (QED) is 0.756. The van der Waals surface area contributed by atoms with E-state index in [0.29, 0.717) is 12.3 Å². The third-order valence-corrected chi connectivity index (χ3v) is 4.64. The molecule has 0 spiro atoms. The second kappa shape index (κ2) is 7.85. The Morgan fingerprint density at radius 2 is 2.05 bits per heavy atom. The highest BCUT2D eigenvalue weighted by atomic mass is 79.9. The average molecular weight is 383 g/mol. The zero-order chi connectivity index (χ0) is 16.1. The fourth-order valence-corrected chi connectivity index (χ4v) is 3.24. The van der Waals surface area contributed by atoms with Crippen molar-refractivity contribution in [3.8, 4) is 0 Å². The van der Waals surface area contributed by atoms with Gasteiger partial charge in [-0.05, 0) is 30.0 Å². The van der Waals surface area contributed by atoms with E-state index in [1.807, 2.05) is 43.5 Å². The lowest BCUT2D eigenvalue weighted by Crippen LogP contribution is -2.40. The van der Waals surface area contributed by atoms with Gasteiger partial charge in [-0.15, -0.1) is 11.3 Å². The van der Waals surface area contributed by atoms with E-state index in [4.69, 9.17) is 0 Å². The van der Waals surface area contributed by atoms with Gasteiger partial charge >= 0.3 is 5.97 Å². The van der Waals surface area contributed by atoms with Gasteiger partial charge in [0.25, 0.3) is 0 Å². The van der Waals surface area contributed by atoms with Gasteiger partial charge in [0.05, 0.1) is 6.04 Å². The third kappa shape index (κ3) is 4.63. The van der Waals surface area contributed by atoms with Gasteiger partial charge in [0.2, 0.25) is 0 Å². The van der Waals surface area contributed by atoms with Crippen LogP contribution in [0.15, 0.2) is 40.3 Å². The van der Waals surface area contributed by atoms with Gasteiger partial charge in [0.1, 0.15) is 11.0 Å². The summed E-state index contributed by atoms with van der Waals surface area (Å²) in [5.74, 6) is -0.525. The van der Waals surface area contributed by atoms with E-state index in [2.05, 4.69) is 26.2 Å². The number of halogens is 1. The molecule has 6 heteroatoms. The molecule has 0 aliphatic rings. The summed E-state index contributed by atoms with van der Waals surface area (Å²) in [7, 11) is 0. The number of benzene rings is 1. The molecule has 2 aromatic rings. The highest BCUT2D eigenvalue weighted by Crippen LogP contribution is 2.26. The fraction of sp³-hybridized carbons (Fsp3) is 0.375. The summed E-state index contributed by atoms with van der Waals surface area (Å²) in [5.41, 5.74) is 1.01. The van der Waals surface area contributed by atoms with Gasteiger partial charge in [0, 0.05) is 16.0 Å². The number of hydrogen-bond donors (Lipinski definition) is 2. The molecule has 0 bridgehead atoms. The van der Waals surface area contributed by atoms with Gasteiger partial charge in [-0.25, -0.2) is 4.98 Å². The molecule has 0 radical (unpaired) electrons. The van der Waals surface area contributed by atoms with E-state index >= 15 is 0 Å². The number of nitrogens with one attached hydrogen (secondary N) is 1.